The molecule has 1 aromatic heterocycles. The Balaban J connectivity index is 1.57. The molecule has 1 amide bonds. The topological polar surface area (TPSA) is 113 Å². The van der Waals surface area contributed by atoms with Gasteiger partial charge in [-0.15, -0.1) is 0 Å². The zero-order chi connectivity index (χ0) is 20.6. The lowest BCUT2D eigenvalue weighted by atomic mass is 9.51. The molecular weight excluding hydrogens is 368 g/mol. The van der Waals surface area contributed by atoms with Gasteiger partial charge in [-0.3, -0.25) is 4.79 Å². The number of aliphatic hydroxyl groups is 2. The second-order valence-corrected chi connectivity index (χ2v) is 10.6. The Morgan fingerprint density at radius 2 is 1.93 bits per heavy atom. The Hall–Kier alpha value is -1.73. The molecule has 4 bridgehead atoms. The zero-order valence-electron chi connectivity index (χ0n) is 17.3. The number of nitrogens with zero attached hydrogens (tertiary/aromatic N) is 3. The maximum Gasteiger partial charge on any atom is 0.252 e. The fourth-order valence-corrected chi connectivity index (χ4v) is 6.62. The van der Waals surface area contributed by atoms with Crippen LogP contribution in [0.1, 0.15) is 80.8 Å². The van der Waals surface area contributed by atoms with Crippen LogP contribution in [-0.4, -0.2) is 49.9 Å². The van der Waals surface area contributed by atoms with Crippen LogP contribution < -0.4 is 10.6 Å². The molecule has 7 nitrogen and oxygen atoms in total. The Kier molecular flexibility index (Phi) is 4.24. The molecule has 7 heteroatoms. The lowest BCUT2D eigenvalue weighted by Crippen LogP contribution is -2.66. The molecular formula is C22H32N4O3. The van der Waals surface area contributed by atoms with Gasteiger partial charge in [-0.2, -0.15) is 0 Å². The quantitative estimate of drug-likeness (QED) is 0.673. The van der Waals surface area contributed by atoms with Crippen molar-refractivity contribution in [3.63, 3.8) is 0 Å². The Labute approximate surface area is 171 Å². The third-order valence-corrected chi connectivity index (χ3v) is 7.78. The van der Waals surface area contributed by atoms with Crippen molar-refractivity contribution in [3.05, 3.63) is 17.5 Å². The summed E-state index contributed by atoms with van der Waals surface area (Å²) >= 11 is 0. The molecule has 0 radical (unpaired) electrons. The van der Waals surface area contributed by atoms with Gasteiger partial charge in [0.05, 0.1) is 29.0 Å². The first-order valence-electron chi connectivity index (χ1n) is 11.0. The van der Waals surface area contributed by atoms with E-state index in [1.807, 2.05) is 13.8 Å². The second-order valence-electron chi connectivity index (χ2n) is 10.6. The first kappa shape index (κ1) is 19.2. The molecule has 0 spiro atoms. The van der Waals surface area contributed by atoms with E-state index in [9.17, 15) is 15.0 Å². The highest BCUT2D eigenvalue weighted by molar-refractivity contribution is 5.94. The van der Waals surface area contributed by atoms with E-state index in [0.29, 0.717) is 29.3 Å². The third-order valence-electron chi connectivity index (χ3n) is 7.78. The van der Waals surface area contributed by atoms with E-state index in [1.54, 1.807) is 6.20 Å². The summed E-state index contributed by atoms with van der Waals surface area (Å²) in [5.41, 5.74) is 5.68. The molecule has 5 aliphatic rings. The monoisotopic (exact) mass is 400 g/mol. The van der Waals surface area contributed by atoms with Crippen molar-refractivity contribution < 1.29 is 15.0 Å². The Morgan fingerprint density at radius 3 is 2.45 bits per heavy atom. The largest absolute Gasteiger partial charge is 0.394 e. The fraction of sp³-hybridized carbons (Fsp3) is 0.773. The fourth-order valence-electron chi connectivity index (χ4n) is 6.62. The number of carbonyl (C=O) groups is 1. The van der Waals surface area contributed by atoms with Gasteiger partial charge < -0.3 is 20.8 Å². The molecule has 1 heterocycles. The van der Waals surface area contributed by atoms with Gasteiger partial charge in [-0.1, -0.05) is 0 Å². The summed E-state index contributed by atoms with van der Waals surface area (Å²) < 4.78 is 0. The zero-order valence-corrected chi connectivity index (χ0v) is 17.3. The van der Waals surface area contributed by atoms with Crippen LogP contribution in [0, 0.1) is 17.8 Å². The highest BCUT2D eigenvalue weighted by Gasteiger charge is 2.58. The van der Waals surface area contributed by atoms with Crippen LogP contribution in [0.5, 0.6) is 0 Å². The smallest absolute Gasteiger partial charge is 0.252 e. The molecule has 2 unspecified atom stereocenters. The third kappa shape index (κ3) is 3.13. The van der Waals surface area contributed by atoms with Gasteiger partial charge in [0.1, 0.15) is 0 Å². The standard InChI is InChI=1S/C22H32N4O3/c1-21(2,11-27)26(18-14-5-12-6-15(18)9-22(29,7-12)8-14)20-24-10-16(19(23)28)17(25-20)13-3-4-13/h10,12-15,18,27,29H,3-9,11H2,1-2H3,(H2,23,28). The van der Waals surface area contributed by atoms with Crippen molar-refractivity contribution >= 4 is 11.9 Å². The molecule has 2 atom stereocenters. The van der Waals surface area contributed by atoms with Crippen LogP contribution in [-0.2, 0) is 0 Å². The summed E-state index contributed by atoms with van der Waals surface area (Å²) in [6.07, 6.45) is 8.42. The second kappa shape index (κ2) is 6.38. The number of hydrogen-bond acceptors (Lipinski definition) is 6. The summed E-state index contributed by atoms with van der Waals surface area (Å²) in [7, 11) is 0. The number of carbonyl (C=O) groups excluding carboxylic acids is 1. The molecule has 0 aromatic carbocycles. The van der Waals surface area contributed by atoms with E-state index in [-0.39, 0.29) is 18.6 Å². The van der Waals surface area contributed by atoms with Crippen molar-refractivity contribution in [2.75, 3.05) is 11.5 Å². The molecule has 0 saturated heterocycles. The maximum atomic E-state index is 11.9. The van der Waals surface area contributed by atoms with E-state index in [1.165, 1.54) is 0 Å². The number of anilines is 1. The Bertz CT molecular complexity index is 821. The van der Waals surface area contributed by atoms with Crippen molar-refractivity contribution in [1.82, 2.24) is 9.97 Å². The van der Waals surface area contributed by atoms with Crippen LogP contribution in [0.25, 0.3) is 0 Å². The van der Waals surface area contributed by atoms with Crippen LogP contribution >= 0.6 is 0 Å². The van der Waals surface area contributed by atoms with Gasteiger partial charge in [-0.05, 0) is 76.5 Å². The molecule has 4 N–H and O–H groups in total. The van der Waals surface area contributed by atoms with Gasteiger partial charge in [-0.25, -0.2) is 9.97 Å². The predicted octanol–water partition coefficient (Wildman–Crippen LogP) is 1.97. The van der Waals surface area contributed by atoms with E-state index in [0.717, 1.165) is 50.6 Å². The first-order valence-corrected chi connectivity index (χ1v) is 11.0. The molecule has 158 valence electrons. The van der Waals surface area contributed by atoms with Crippen molar-refractivity contribution in [3.8, 4) is 0 Å². The molecule has 6 rings (SSSR count). The van der Waals surface area contributed by atoms with E-state index in [2.05, 4.69) is 9.88 Å². The van der Waals surface area contributed by atoms with Crippen LogP contribution in [0.3, 0.4) is 0 Å². The van der Waals surface area contributed by atoms with Gasteiger partial charge in [0.2, 0.25) is 5.95 Å². The van der Waals surface area contributed by atoms with E-state index < -0.39 is 17.0 Å². The summed E-state index contributed by atoms with van der Waals surface area (Å²) in [6.45, 7) is 4.03. The number of aliphatic hydroxyl groups excluding tert-OH is 1. The summed E-state index contributed by atoms with van der Waals surface area (Å²) in [6, 6.07) is 0.195. The summed E-state index contributed by atoms with van der Waals surface area (Å²) in [5, 5.41) is 21.2. The number of aromatic nitrogens is 2. The summed E-state index contributed by atoms with van der Waals surface area (Å²) in [5.74, 6) is 1.73. The Morgan fingerprint density at radius 1 is 1.28 bits per heavy atom. The number of nitrogens with two attached hydrogens (primary N) is 1. The molecule has 5 saturated carbocycles. The van der Waals surface area contributed by atoms with Gasteiger partial charge >= 0.3 is 0 Å². The minimum atomic E-state index is -0.544. The van der Waals surface area contributed by atoms with Crippen LogP contribution in [0.4, 0.5) is 5.95 Å². The average Bonchev–Trinajstić information content (AvgIpc) is 3.47. The molecule has 29 heavy (non-hydrogen) atoms. The highest BCUT2D eigenvalue weighted by atomic mass is 16.3. The van der Waals surface area contributed by atoms with Gasteiger partial charge in [0.25, 0.3) is 5.91 Å². The number of primary amides is 1. The highest BCUT2D eigenvalue weighted by Crippen LogP contribution is 2.58. The molecule has 0 aliphatic heterocycles. The lowest BCUT2D eigenvalue weighted by molar-refractivity contribution is -0.136. The minimum Gasteiger partial charge on any atom is -0.394 e. The lowest BCUT2D eigenvalue weighted by Gasteiger charge is -2.62. The minimum absolute atomic E-state index is 0.0175. The first-order chi connectivity index (χ1) is 13.7. The molecule has 5 aliphatic carbocycles. The normalized spacial score (nSPS) is 35.7. The van der Waals surface area contributed by atoms with Crippen LogP contribution in [0.15, 0.2) is 6.20 Å². The van der Waals surface area contributed by atoms with Crippen molar-refractivity contribution in [2.24, 2.45) is 23.5 Å². The molecule has 1 aromatic rings. The average molecular weight is 401 g/mol. The van der Waals surface area contributed by atoms with Gasteiger partial charge in [0, 0.05) is 18.2 Å². The number of rotatable bonds is 6. The van der Waals surface area contributed by atoms with E-state index in [4.69, 9.17) is 10.7 Å². The predicted molar refractivity (Wildman–Crippen MR) is 108 cm³/mol. The maximum absolute atomic E-state index is 11.9. The van der Waals surface area contributed by atoms with Gasteiger partial charge in [0.15, 0.2) is 0 Å². The molecule has 5 fully saturated rings. The summed E-state index contributed by atoms with van der Waals surface area (Å²) in [4.78, 5) is 23.5. The van der Waals surface area contributed by atoms with Crippen molar-refractivity contribution in [2.45, 2.75) is 81.9 Å². The van der Waals surface area contributed by atoms with E-state index >= 15 is 0 Å². The van der Waals surface area contributed by atoms with Crippen LogP contribution in [0.2, 0.25) is 0 Å². The van der Waals surface area contributed by atoms with Crippen molar-refractivity contribution in [1.29, 1.82) is 0 Å². The number of hydrogen-bond donors (Lipinski definition) is 3. The number of amides is 1. The SMILES string of the molecule is CC(C)(CO)N(c1ncc(C(N)=O)c(C2CC2)n1)C1C2CC3CC1CC(O)(C3)C2.